The number of hydrogen-bond acceptors (Lipinski definition) is 2. The Labute approximate surface area is 106 Å². The van der Waals surface area contributed by atoms with E-state index in [1.807, 2.05) is 6.07 Å². The number of nitrogens with two attached hydrogens (primary N) is 1. The third-order valence-electron chi connectivity index (χ3n) is 3.78. The Morgan fingerprint density at radius 1 is 1.12 bits per heavy atom. The van der Waals surface area contributed by atoms with E-state index in [2.05, 4.69) is 56.9 Å². The number of benzene rings is 1. The zero-order chi connectivity index (χ0) is 12.9. The molecule has 1 aromatic carbocycles. The van der Waals surface area contributed by atoms with Crippen molar-refractivity contribution >= 4 is 0 Å². The lowest BCUT2D eigenvalue weighted by Gasteiger charge is -2.42. The second-order valence-corrected chi connectivity index (χ2v) is 5.12. The molecule has 0 aliphatic carbocycles. The topological polar surface area (TPSA) is 29.3 Å². The van der Waals surface area contributed by atoms with Crippen LogP contribution in [0.15, 0.2) is 30.3 Å². The molecule has 0 saturated heterocycles. The molecule has 0 amide bonds. The van der Waals surface area contributed by atoms with Crippen LogP contribution < -0.4 is 5.73 Å². The maximum atomic E-state index is 6.39. The summed E-state index contributed by atoms with van der Waals surface area (Å²) in [5.74, 6) is 0. The summed E-state index contributed by atoms with van der Waals surface area (Å²) in [5, 5.41) is 0. The third-order valence-corrected chi connectivity index (χ3v) is 3.78. The molecule has 0 aliphatic rings. The molecule has 0 aromatic heterocycles. The fourth-order valence-electron chi connectivity index (χ4n) is 2.39. The average Bonchev–Trinajstić information content (AvgIpc) is 2.31. The molecule has 0 fully saturated rings. The first-order valence-electron chi connectivity index (χ1n) is 6.56. The highest BCUT2D eigenvalue weighted by Gasteiger charge is 2.31. The number of nitrogens with zero attached hydrogens (tertiary/aromatic N) is 1. The van der Waals surface area contributed by atoms with E-state index < -0.39 is 0 Å². The van der Waals surface area contributed by atoms with Gasteiger partial charge in [-0.15, -0.1) is 0 Å². The molecule has 0 bridgehead atoms. The number of likely N-dealkylation sites (N-methyl/N-ethyl adjacent to an activating group) is 1. The molecular weight excluding hydrogens is 208 g/mol. The third kappa shape index (κ3) is 3.55. The second kappa shape index (κ2) is 6.18. The van der Waals surface area contributed by atoms with Crippen molar-refractivity contribution in [2.24, 2.45) is 5.73 Å². The summed E-state index contributed by atoms with van der Waals surface area (Å²) >= 11 is 0. The van der Waals surface area contributed by atoms with Gasteiger partial charge < -0.3 is 5.73 Å². The maximum absolute atomic E-state index is 6.39. The summed E-state index contributed by atoms with van der Waals surface area (Å²) in [6.45, 7) is 11.0. The highest BCUT2D eigenvalue weighted by Crippen LogP contribution is 2.20. The van der Waals surface area contributed by atoms with Crippen molar-refractivity contribution in [3.05, 3.63) is 35.9 Å². The van der Waals surface area contributed by atoms with Crippen molar-refractivity contribution in [2.75, 3.05) is 13.1 Å². The van der Waals surface area contributed by atoms with Crippen LogP contribution in [0.5, 0.6) is 0 Å². The smallest absolute Gasteiger partial charge is 0.0307 e. The van der Waals surface area contributed by atoms with Gasteiger partial charge in [0.1, 0.15) is 0 Å². The largest absolute Gasteiger partial charge is 0.326 e. The second-order valence-electron chi connectivity index (χ2n) is 5.12. The molecule has 96 valence electrons. The lowest BCUT2D eigenvalue weighted by Crippen LogP contribution is -2.56. The van der Waals surface area contributed by atoms with Gasteiger partial charge in [-0.3, -0.25) is 4.90 Å². The van der Waals surface area contributed by atoms with Gasteiger partial charge in [0.25, 0.3) is 0 Å². The van der Waals surface area contributed by atoms with Crippen LogP contribution in [0.25, 0.3) is 0 Å². The van der Waals surface area contributed by atoms with Gasteiger partial charge in [0, 0.05) is 11.6 Å². The van der Waals surface area contributed by atoms with Gasteiger partial charge in [0.05, 0.1) is 0 Å². The molecule has 1 aromatic rings. The van der Waals surface area contributed by atoms with E-state index in [-0.39, 0.29) is 11.6 Å². The summed E-state index contributed by atoms with van der Waals surface area (Å²) in [4.78, 5) is 2.43. The Hall–Kier alpha value is -0.860. The molecular formula is C15H26N2. The van der Waals surface area contributed by atoms with Crippen LogP contribution in [0.4, 0.5) is 0 Å². The molecule has 2 nitrogen and oxygen atoms in total. The average molecular weight is 234 g/mol. The van der Waals surface area contributed by atoms with E-state index in [9.17, 15) is 0 Å². The van der Waals surface area contributed by atoms with Crippen molar-refractivity contribution in [3.63, 3.8) is 0 Å². The Balaban J connectivity index is 2.71. The van der Waals surface area contributed by atoms with E-state index in [1.165, 1.54) is 5.56 Å². The van der Waals surface area contributed by atoms with Crippen LogP contribution in [0.3, 0.4) is 0 Å². The van der Waals surface area contributed by atoms with E-state index in [1.54, 1.807) is 0 Å². The zero-order valence-corrected chi connectivity index (χ0v) is 11.6. The van der Waals surface area contributed by atoms with Crippen molar-refractivity contribution < 1.29 is 0 Å². The summed E-state index contributed by atoms with van der Waals surface area (Å²) in [7, 11) is 0. The Morgan fingerprint density at radius 3 is 2.12 bits per heavy atom. The number of rotatable bonds is 6. The maximum Gasteiger partial charge on any atom is 0.0307 e. The normalized spacial score (nSPS) is 14.0. The highest BCUT2D eigenvalue weighted by atomic mass is 15.2. The summed E-state index contributed by atoms with van der Waals surface area (Å²) in [6.07, 6.45) is 0.935. The number of hydrogen-bond donors (Lipinski definition) is 1. The first-order valence-corrected chi connectivity index (χ1v) is 6.56. The molecule has 2 N–H and O–H groups in total. The molecule has 0 aliphatic heterocycles. The Kier molecular flexibility index (Phi) is 5.16. The first kappa shape index (κ1) is 14.2. The molecule has 0 spiro atoms. The van der Waals surface area contributed by atoms with Crippen molar-refractivity contribution in [1.82, 2.24) is 4.90 Å². The predicted octanol–water partition coefficient (Wildman–Crippen LogP) is 2.68. The minimum atomic E-state index is 0.0410. The molecule has 0 heterocycles. The van der Waals surface area contributed by atoms with Gasteiger partial charge in [0.15, 0.2) is 0 Å². The summed E-state index contributed by atoms with van der Waals surface area (Å²) in [5.41, 5.74) is 7.75. The van der Waals surface area contributed by atoms with Crippen LogP contribution in [0.1, 0.15) is 33.3 Å². The van der Waals surface area contributed by atoms with Crippen molar-refractivity contribution in [1.29, 1.82) is 0 Å². The fourth-order valence-corrected chi connectivity index (χ4v) is 2.39. The van der Waals surface area contributed by atoms with Gasteiger partial charge in [0.2, 0.25) is 0 Å². The minimum absolute atomic E-state index is 0.0410. The molecule has 2 heteroatoms. The first-order chi connectivity index (χ1) is 8.02. The standard InChI is InChI=1S/C15H26N2/c1-5-17(6-2)15(3,4)14(16)12-13-10-8-7-9-11-13/h7-11,14H,5-6,12,16H2,1-4H3. The van der Waals surface area contributed by atoms with Gasteiger partial charge in [-0.2, -0.15) is 0 Å². The highest BCUT2D eigenvalue weighted by molar-refractivity contribution is 5.17. The van der Waals surface area contributed by atoms with E-state index in [0.717, 1.165) is 19.5 Å². The lowest BCUT2D eigenvalue weighted by atomic mass is 9.88. The van der Waals surface area contributed by atoms with Gasteiger partial charge in [-0.25, -0.2) is 0 Å². The van der Waals surface area contributed by atoms with E-state index >= 15 is 0 Å². The monoisotopic (exact) mass is 234 g/mol. The van der Waals surface area contributed by atoms with Crippen LogP contribution in [-0.2, 0) is 6.42 Å². The molecule has 1 rings (SSSR count). The van der Waals surface area contributed by atoms with Crippen molar-refractivity contribution in [2.45, 2.75) is 45.7 Å². The quantitative estimate of drug-likeness (QED) is 0.820. The van der Waals surface area contributed by atoms with Crippen LogP contribution in [-0.4, -0.2) is 29.6 Å². The molecule has 0 radical (unpaired) electrons. The van der Waals surface area contributed by atoms with Crippen molar-refractivity contribution in [3.8, 4) is 0 Å². The molecule has 1 unspecified atom stereocenters. The van der Waals surface area contributed by atoms with Crippen LogP contribution >= 0.6 is 0 Å². The van der Waals surface area contributed by atoms with Gasteiger partial charge >= 0.3 is 0 Å². The molecule has 0 saturated carbocycles. The predicted molar refractivity (Wildman–Crippen MR) is 75.1 cm³/mol. The van der Waals surface area contributed by atoms with E-state index in [0.29, 0.717) is 0 Å². The lowest BCUT2D eigenvalue weighted by molar-refractivity contribution is 0.106. The summed E-state index contributed by atoms with van der Waals surface area (Å²) < 4.78 is 0. The van der Waals surface area contributed by atoms with E-state index in [4.69, 9.17) is 5.73 Å². The summed E-state index contributed by atoms with van der Waals surface area (Å²) in [6, 6.07) is 10.7. The minimum Gasteiger partial charge on any atom is -0.326 e. The zero-order valence-electron chi connectivity index (χ0n) is 11.6. The van der Waals surface area contributed by atoms with Gasteiger partial charge in [-0.1, -0.05) is 44.2 Å². The van der Waals surface area contributed by atoms with Crippen LogP contribution in [0, 0.1) is 0 Å². The fraction of sp³-hybridized carbons (Fsp3) is 0.600. The van der Waals surface area contributed by atoms with Gasteiger partial charge in [-0.05, 0) is 38.9 Å². The SMILES string of the molecule is CCN(CC)C(C)(C)C(N)Cc1ccccc1. The molecule has 17 heavy (non-hydrogen) atoms. The Bertz CT molecular complexity index is 315. The Morgan fingerprint density at radius 2 is 1.65 bits per heavy atom. The van der Waals surface area contributed by atoms with Crippen LogP contribution in [0.2, 0.25) is 0 Å². The molecule has 1 atom stereocenters.